The smallest absolute Gasteiger partial charge is 0.226 e. The van der Waals surface area contributed by atoms with E-state index >= 15 is 0 Å². The maximum atomic E-state index is 5.65. The molecule has 1 aromatic heterocycles. The average molecular weight is 555 g/mol. The molecule has 1 aliphatic heterocycles. The highest BCUT2D eigenvalue weighted by atomic mass is 127. The minimum atomic E-state index is 0. The predicted molar refractivity (Wildman–Crippen MR) is 143 cm³/mol. The van der Waals surface area contributed by atoms with Gasteiger partial charge in [-0.3, -0.25) is 0 Å². The standard InChI is InChI=1S/C24H38N6O.HI/c1-5-25-24(26-15-20(4)17-30-13-11-29(6-2)12-14-30)27-16-22-18-31-23(28-22)21-9-7-19(3)8-10-21;/h7-10,18,20H,5-6,11-17H2,1-4H3,(H2,25,26,27);1H. The van der Waals surface area contributed by atoms with E-state index in [9.17, 15) is 0 Å². The Morgan fingerprint density at radius 1 is 1.09 bits per heavy atom. The Hall–Kier alpha value is -1.65. The molecule has 0 amide bonds. The van der Waals surface area contributed by atoms with E-state index in [1.807, 2.05) is 12.1 Å². The molecule has 1 aliphatic rings. The molecular formula is C24H39IN6O. The molecule has 178 valence electrons. The van der Waals surface area contributed by atoms with Gasteiger partial charge >= 0.3 is 0 Å². The summed E-state index contributed by atoms with van der Waals surface area (Å²) in [5.41, 5.74) is 3.04. The normalized spacial score (nSPS) is 16.4. The van der Waals surface area contributed by atoms with Crippen molar-refractivity contribution in [2.45, 2.75) is 34.2 Å². The van der Waals surface area contributed by atoms with E-state index in [0.29, 0.717) is 18.4 Å². The molecule has 7 nitrogen and oxygen atoms in total. The summed E-state index contributed by atoms with van der Waals surface area (Å²) in [4.78, 5) is 14.4. The summed E-state index contributed by atoms with van der Waals surface area (Å²) >= 11 is 0. The molecule has 2 heterocycles. The van der Waals surface area contributed by atoms with Crippen LogP contribution in [0.15, 0.2) is 39.9 Å². The van der Waals surface area contributed by atoms with Crippen LogP contribution in [0.5, 0.6) is 0 Å². The summed E-state index contributed by atoms with van der Waals surface area (Å²) in [7, 11) is 0. The molecule has 1 unspecified atom stereocenters. The summed E-state index contributed by atoms with van der Waals surface area (Å²) in [5, 5.41) is 6.82. The Labute approximate surface area is 210 Å². The molecule has 8 heteroatoms. The van der Waals surface area contributed by atoms with Gasteiger partial charge in [0.15, 0.2) is 5.96 Å². The fraction of sp³-hybridized carbons (Fsp3) is 0.583. The first-order valence-electron chi connectivity index (χ1n) is 11.6. The summed E-state index contributed by atoms with van der Waals surface area (Å²) < 4.78 is 5.65. The van der Waals surface area contributed by atoms with Gasteiger partial charge in [-0.2, -0.15) is 0 Å². The van der Waals surface area contributed by atoms with E-state index in [0.717, 1.165) is 43.4 Å². The van der Waals surface area contributed by atoms with Crippen LogP contribution in [-0.2, 0) is 6.54 Å². The Bertz CT molecular complexity index is 814. The number of rotatable bonds is 9. The van der Waals surface area contributed by atoms with Gasteiger partial charge in [0.2, 0.25) is 5.89 Å². The molecule has 2 aromatic rings. The maximum Gasteiger partial charge on any atom is 0.226 e. The highest BCUT2D eigenvalue weighted by Crippen LogP contribution is 2.19. The number of hydrogen-bond acceptors (Lipinski definition) is 5. The van der Waals surface area contributed by atoms with Crippen molar-refractivity contribution >= 4 is 29.9 Å². The number of aliphatic imine (C=N–C) groups is 1. The van der Waals surface area contributed by atoms with Crippen molar-refractivity contribution in [2.24, 2.45) is 10.9 Å². The molecule has 0 radical (unpaired) electrons. The third-order valence-corrected chi connectivity index (χ3v) is 5.69. The fourth-order valence-corrected chi connectivity index (χ4v) is 3.77. The van der Waals surface area contributed by atoms with Gasteiger partial charge in [0, 0.05) is 51.4 Å². The number of likely N-dealkylation sites (N-methyl/N-ethyl adjacent to an activating group) is 1. The molecule has 32 heavy (non-hydrogen) atoms. The topological polar surface area (TPSA) is 68.9 Å². The van der Waals surface area contributed by atoms with Crippen LogP contribution in [0.2, 0.25) is 0 Å². The number of aromatic nitrogens is 1. The molecule has 1 aromatic carbocycles. The maximum absolute atomic E-state index is 5.65. The van der Waals surface area contributed by atoms with E-state index in [-0.39, 0.29) is 24.0 Å². The molecule has 2 N–H and O–H groups in total. The lowest BCUT2D eigenvalue weighted by Gasteiger charge is -2.35. The zero-order chi connectivity index (χ0) is 22.1. The lowest BCUT2D eigenvalue weighted by Crippen LogP contribution is -2.48. The van der Waals surface area contributed by atoms with Gasteiger partial charge in [0.25, 0.3) is 0 Å². The van der Waals surface area contributed by atoms with E-state index < -0.39 is 0 Å². The number of aryl methyl sites for hydroxylation is 1. The zero-order valence-electron chi connectivity index (χ0n) is 19.9. The van der Waals surface area contributed by atoms with Crippen LogP contribution in [0.1, 0.15) is 32.0 Å². The number of piperazine rings is 1. The van der Waals surface area contributed by atoms with Gasteiger partial charge in [-0.1, -0.05) is 31.5 Å². The Balaban J connectivity index is 0.00000363. The summed E-state index contributed by atoms with van der Waals surface area (Å²) in [5.74, 6) is 2.02. The van der Waals surface area contributed by atoms with Gasteiger partial charge in [-0.15, -0.1) is 24.0 Å². The lowest BCUT2D eigenvalue weighted by atomic mass is 10.1. The molecule has 0 aliphatic carbocycles. The zero-order valence-corrected chi connectivity index (χ0v) is 22.3. The first kappa shape index (κ1) is 26.6. The van der Waals surface area contributed by atoms with Gasteiger partial charge < -0.3 is 24.9 Å². The van der Waals surface area contributed by atoms with Crippen LogP contribution >= 0.6 is 24.0 Å². The van der Waals surface area contributed by atoms with Crippen LogP contribution in [0.25, 0.3) is 11.5 Å². The number of halogens is 1. The van der Waals surface area contributed by atoms with Crippen LogP contribution < -0.4 is 10.6 Å². The van der Waals surface area contributed by atoms with Crippen molar-refractivity contribution in [1.29, 1.82) is 0 Å². The van der Waals surface area contributed by atoms with Crippen molar-refractivity contribution in [3.05, 3.63) is 41.8 Å². The van der Waals surface area contributed by atoms with Gasteiger partial charge in [-0.05, 0) is 38.4 Å². The first-order valence-corrected chi connectivity index (χ1v) is 11.6. The SMILES string of the molecule is CCNC(=NCc1coc(-c2ccc(C)cc2)n1)NCC(C)CN1CCN(CC)CC1.I. The average Bonchev–Trinajstić information content (AvgIpc) is 3.26. The largest absolute Gasteiger partial charge is 0.444 e. The fourth-order valence-electron chi connectivity index (χ4n) is 3.77. The van der Waals surface area contributed by atoms with Gasteiger partial charge in [0.1, 0.15) is 12.0 Å². The number of nitrogens with zero attached hydrogens (tertiary/aromatic N) is 4. The van der Waals surface area contributed by atoms with E-state index in [1.54, 1.807) is 6.26 Å². The van der Waals surface area contributed by atoms with Crippen LogP contribution in [-0.4, -0.2) is 73.1 Å². The quantitative estimate of drug-likeness (QED) is 0.281. The molecular weight excluding hydrogens is 515 g/mol. The molecule has 1 fully saturated rings. The second kappa shape index (κ2) is 13.8. The van der Waals surface area contributed by atoms with E-state index in [4.69, 9.17) is 9.41 Å². The molecule has 1 atom stereocenters. The molecule has 3 rings (SSSR count). The number of nitrogens with one attached hydrogen (secondary N) is 2. The molecule has 0 bridgehead atoms. The van der Waals surface area contributed by atoms with Crippen molar-refractivity contribution < 1.29 is 4.42 Å². The lowest BCUT2D eigenvalue weighted by molar-refractivity contribution is 0.124. The second-order valence-corrected chi connectivity index (χ2v) is 8.43. The Kier molecular flexibility index (Phi) is 11.5. The van der Waals surface area contributed by atoms with Gasteiger partial charge in [-0.25, -0.2) is 9.98 Å². The van der Waals surface area contributed by atoms with Crippen molar-refractivity contribution in [2.75, 3.05) is 52.4 Å². The van der Waals surface area contributed by atoms with Crippen molar-refractivity contribution in [3.8, 4) is 11.5 Å². The number of guanidine groups is 1. The van der Waals surface area contributed by atoms with Crippen molar-refractivity contribution in [1.82, 2.24) is 25.4 Å². The van der Waals surface area contributed by atoms with Crippen molar-refractivity contribution in [3.63, 3.8) is 0 Å². The minimum absolute atomic E-state index is 0. The summed E-state index contributed by atoms with van der Waals surface area (Å²) in [6, 6.07) is 8.19. The summed E-state index contributed by atoms with van der Waals surface area (Å²) in [6.45, 7) is 17.9. The highest BCUT2D eigenvalue weighted by Gasteiger charge is 2.17. The van der Waals surface area contributed by atoms with Crippen LogP contribution in [0.4, 0.5) is 0 Å². The number of oxazole rings is 1. The third-order valence-electron chi connectivity index (χ3n) is 5.69. The molecule has 1 saturated heterocycles. The summed E-state index contributed by atoms with van der Waals surface area (Å²) in [6.07, 6.45) is 1.70. The highest BCUT2D eigenvalue weighted by molar-refractivity contribution is 14.0. The van der Waals surface area contributed by atoms with E-state index in [1.165, 1.54) is 31.7 Å². The number of benzene rings is 1. The monoisotopic (exact) mass is 554 g/mol. The Morgan fingerprint density at radius 3 is 2.44 bits per heavy atom. The van der Waals surface area contributed by atoms with Crippen LogP contribution in [0, 0.1) is 12.8 Å². The first-order chi connectivity index (χ1) is 15.1. The Morgan fingerprint density at radius 2 is 1.78 bits per heavy atom. The van der Waals surface area contributed by atoms with E-state index in [2.05, 4.69) is 65.2 Å². The predicted octanol–water partition coefficient (Wildman–Crippen LogP) is 3.60. The third kappa shape index (κ3) is 8.37. The van der Waals surface area contributed by atoms with Crippen LogP contribution in [0.3, 0.4) is 0 Å². The van der Waals surface area contributed by atoms with Gasteiger partial charge in [0.05, 0.1) is 6.54 Å². The molecule has 0 spiro atoms. The molecule has 0 saturated carbocycles. The second-order valence-electron chi connectivity index (χ2n) is 8.43. The number of hydrogen-bond donors (Lipinski definition) is 2. The minimum Gasteiger partial charge on any atom is -0.444 e.